The average molecular weight is 412 g/mol. The molecule has 0 aliphatic rings. The van der Waals surface area contributed by atoms with Gasteiger partial charge in [-0.1, -0.05) is 0 Å². The zero-order valence-corrected chi connectivity index (χ0v) is 15.9. The fourth-order valence-electron chi connectivity index (χ4n) is 1.65. The highest BCUT2D eigenvalue weighted by atomic mass is 19.1. The van der Waals surface area contributed by atoms with Crippen LogP contribution in [0.2, 0.25) is 0 Å². The number of carboxylic acid groups (broad SMARTS) is 1. The standard InChI is InChI=1S/C17H29FO10/c18-3-4-23-5-6-24-7-8-25-9-10-26-11-12-27-13-14-28-16(20)2-1-15(19)17(21)22/h1-14H2,(H,21,22). The van der Waals surface area contributed by atoms with Crippen molar-refractivity contribution < 1.29 is 52.3 Å². The van der Waals surface area contributed by atoms with E-state index in [1.807, 2.05) is 0 Å². The first-order chi connectivity index (χ1) is 13.6. The molecule has 10 nitrogen and oxygen atoms in total. The molecule has 28 heavy (non-hydrogen) atoms. The van der Waals surface area contributed by atoms with Crippen molar-refractivity contribution >= 4 is 17.7 Å². The van der Waals surface area contributed by atoms with Gasteiger partial charge in [-0.3, -0.25) is 9.59 Å². The Morgan fingerprint density at radius 3 is 1.39 bits per heavy atom. The molecule has 0 aromatic heterocycles. The van der Waals surface area contributed by atoms with Crippen LogP contribution in [0.5, 0.6) is 0 Å². The zero-order valence-electron chi connectivity index (χ0n) is 15.9. The van der Waals surface area contributed by atoms with Gasteiger partial charge in [-0.15, -0.1) is 0 Å². The number of carboxylic acids is 1. The van der Waals surface area contributed by atoms with Gasteiger partial charge in [-0.25, -0.2) is 9.18 Å². The van der Waals surface area contributed by atoms with E-state index < -0.39 is 24.4 Å². The van der Waals surface area contributed by atoms with Gasteiger partial charge >= 0.3 is 11.9 Å². The van der Waals surface area contributed by atoms with E-state index in [2.05, 4.69) is 0 Å². The Balaban J connectivity index is 3.18. The van der Waals surface area contributed by atoms with Gasteiger partial charge in [0, 0.05) is 6.42 Å². The molecule has 164 valence electrons. The average Bonchev–Trinajstić information content (AvgIpc) is 2.68. The van der Waals surface area contributed by atoms with E-state index in [1.165, 1.54) is 0 Å². The first-order valence-corrected chi connectivity index (χ1v) is 8.94. The molecule has 0 saturated carbocycles. The summed E-state index contributed by atoms with van der Waals surface area (Å²) >= 11 is 0. The third-order valence-corrected chi connectivity index (χ3v) is 2.99. The topological polar surface area (TPSA) is 127 Å². The Kier molecular flexibility index (Phi) is 18.9. The number of carbonyl (C=O) groups excluding carboxylic acids is 2. The van der Waals surface area contributed by atoms with Crippen molar-refractivity contribution in [1.82, 2.24) is 0 Å². The minimum absolute atomic E-state index is 0.0159. The highest BCUT2D eigenvalue weighted by Crippen LogP contribution is 1.95. The summed E-state index contributed by atoms with van der Waals surface area (Å²) in [7, 11) is 0. The number of hydrogen-bond donors (Lipinski definition) is 1. The highest BCUT2D eigenvalue weighted by Gasteiger charge is 2.14. The molecule has 0 heterocycles. The summed E-state index contributed by atoms with van der Waals surface area (Å²) in [4.78, 5) is 32.3. The molecule has 0 bridgehead atoms. The third kappa shape index (κ3) is 19.1. The molecular formula is C17H29FO10. The van der Waals surface area contributed by atoms with E-state index >= 15 is 0 Å². The predicted molar refractivity (Wildman–Crippen MR) is 92.9 cm³/mol. The normalized spacial score (nSPS) is 10.8. The number of carbonyl (C=O) groups is 3. The fourth-order valence-corrected chi connectivity index (χ4v) is 1.65. The maximum atomic E-state index is 11.7. The predicted octanol–water partition coefficient (Wildman–Crippen LogP) is 0.0160. The molecule has 0 amide bonds. The van der Waals surface area contributed by atoms with Crippen LogP contribution in [0.3, 0.4) is 0 Å². The van der Waals surface area contributed by atoms with Crippen LogP contribution in [0.15, 0.2) is 0 Å². The quantitative estimate of drug-likeness (QED) is 0.157. The van der Waals surface area contributed by atoms with Crippen LogP contribution in [-0.2, 0) is 42.8 Å². The second-order valence-corrected chi connectivity index (χ2v) is 5.20. The van der Waals surface area contributed by atoms with E-state index in [9.17, 15) is 18.8 Å². The summed E-state index contributed by atoms with van der Waals surface area (Å²) in [5.41, 5.74) is 0. The van der Waals surface area contributed by atoms with Crippen molar-refractivity contribution in [2.75, 3.05) is 79.4 Å². The lowest BCUT2D eigenvalue weighted by Gasteiger charge is -2.08. The van der Waals surface area contributed by atoms with Gasteiger partial charge in [0.2, 0.25) is 5.78 Å². The summed E-state index contributed by atoms with van der Waals surface area (Å²) in [5.74, 6) is -3.24. The number of hydrogen-bond acceptors (Lipinski definition) is 9. The van der Waals surface area contributed by atoms with E-state index in [0.717, 1.165) is 0 Å². The summed E-state index contributed by atoms with van der Waals surface area (Å²) < 4.78 is 42.4. The summed E-state index contributed by atoms with van der Waals surface area (Å²) in [6.45, 7) is 2.85. The van der Waals surface area contributed by atoms with E-state index in [0.29, 0.717) is 52.9 Å². The highest BCUT2D eigenvalue weighted by molar-refractivity contribution is 6.32. The number of alkyl halides is 1. The molecule has 0 aromatic rings. The minimum Gasteiger partial charge on any atom is -0.476 e. The maximum Gasteiger partial charge on any atom is 0.372 e. The molecule has 0 rings (SSSR count). The van der Waals surface area contributed by atoms with Gasteiger partial charge in [0.1, 0.15) is 13.3 Å². The number of ketones is 1. The summed E-state index contributed by atoms with van der Waals surface area (Å²) in [5, 5.41) is 8.37. The van der Waals surface area contributed by atoms with E-state index in [1.54, 1.807) is 0 Å². The molecule has 0 aliphatic heterocycles. The number of ether oxygens (including phenoxy) is 6. The third-order valence-electron chi connectivity index (χ3n) is 2.99. The molecule has 0 radical (unpaired) electrons. The lowest BCUT2D eigenvalue weighted by atomic mass is 10.2. The number of Topliss-reactive ketones (excluding diaryl/α,β-unsaturated/α-hetero) is 1. The Morgan fingerprint density at radius 1 is 0.607 bits per heavy atom. The van der Waals surface area contributed by atoms with Crippen LogP contribution in [0.1, 0.15) is 12.8 Å². The molecule has 1 N–H and O–H groups in total. The van der Waals surface area contributed by atoms with E-state index in [-0.39, 0.29) is 32.7 Å². The molecule has 0 fully saturated rings. The largest absolute Gasteiger partial charge is 0.476 e. The number of rotatable bonds is 21. The van der Waals surface area contributed by atoms with Crippen LogP contribution in [0.4, 0.5) is 4.39 Å². The second kappa shape index (κ2) is 20.1. The van der Waals surface area contributed by atoms with Crippen LogP contribution in [0.25, 0.3) is 0 Å². The first-order valence-electron chi connectivity index (χ1n) is 8.94. The van der Waals surface area contributed by atoms with Crippen molar-refractivity contribution in [1.29, 1.82) is 0 Å². The molecule has 0 spiro atoms. The SMILES string of the molecule is O=C(CCC(=O)C(=O)O)OCCOCCOCCOCCOCCOCCF. The van der Waals surface area contributed by atoms with Crippen molar-refractivity contribution in [2.45, 2.75) is 12.8 Å². The fraction of sp³-hybridized carbons (Fsp3) is 0.824. The van der Waals surface area contributed by atoms with Crippen molar-refractivity contribution in [3.8, 4) is 0 Å². The maximum absolute atomic E-state index is 11.7. The van der Waals surface area contributed by atoms with Crippen LogP contribution in [0, 0.1) is 0 Å². The Labute approximate surface area is 163 Å². The van der Waals surface area contributed by atoms with Gasteiger partial charge in [0.05, 0.1) is 72.5 Å². The number of aliphatic carboxylic acids is 1. The molecule has 0 aliphatic carbocycles. The van der Waals surface area contributed by atoms with Crippen molar-refractivity contribution in [3.05, 3.63) is 0 Å². The Morgan fingerprint density at radius 2 is 1.00 bits per heavy atom. The van der Waals surface area contributed by atoms with Gasteiger partial charge in [-0.05, 0) is 0 Å². The number of esters is 1. The van der Waals surface area contributed by atoms with E-state index in [4.69, 9.17) is 33.5 Å². The Bertz CT molecular complexity index is 419. The first kappa shape index (κ1) is 26.3. The molecular weight excluding hydrogens is 383 g/mol. The second-order valence-electron chi connectivity index (χ2n) is 5.20. The molecule has 0 saturated heterocycles. The minimum atomic E-state index is -1.56. The van der Waals surface area contributed by atoms with Gasteiger partial charge in [-0.2, -0.15) is 0 Å². The monoisotopic (exact) mass is 412 g/mol. The van der Waals surface area contributed by atoms with Gasteiger partial charge in [0.15, 0.2) is 0 Å². The van der Waals surface area contributed by atoms with Gasteiger partial charge in [0.25, 0.3) is 0 Å². The van der Waals surface area contributed by atoms with Crippen molar-refractivity contribution in [3.63, 3.8) is 0 Å². The Hall–Kier alpha value is -1.66. The van der Waals surface area contributed by atoms with Crippen LogP contribution >= 0.6 is 0 Å². The molecule has 11 heteroatoms. The lowest BCUT2D eigenvalue weighted by molar-refractivity contribution is -0.151. The van der Waals surface area contributed by atoms with Crippen LogP contribution in [-0.4, -0.2) is 102 Å². The lowest BCUT2D eigenvalue weighted by Crippen LogP contribution is -2.17. The molecule has 0 atom stereocenters. The summed E-state index contributed by atoms with van der Waals surface area (Å²) in [6.07, 6.45) is -0.655. The molecule has 0 aromatic carbocycles. The van der Waals surface area contributed by atoms with Crippen molar-refractivity contribution in [2.24, 2.45) is 0 Å². The molecule has 0 unspecified atom stereocenters. The summed E-state index contributed by atoms with van der Waals surface area (Å²) in [6, 6.07) is 0. The zero-order chi connectivity index (χ0) is 20.9. The van der Waals surface area contributed by atoms with Gasteiger partial charge < -0.3 is 33.5 Å². The number of halogens is 1. The smallest absolute Gasteiger partial charge is 0.372 e. The van der Waals surface area contributed by atoms with Crippen LogP contribution < -0.4 is 0 Å².